The van der Waals surface area contributed by atoms with Crippen molar-refractivity contribution in [2.24, 2.45) is 0 Å². The molecular weight excluding hydrogens is 169 g/mol. The average molecular weight is 178 g/mol. The minimum absolute atomic E-state index is 0.655. The standard InChI is InChI=1S/C4H7OPS.CHNO/c1-2-3-4-6(5)7;2-1-3/h2H,1,3-4H2;2H/p+1. The predicted octanol–water partition coefficient (Wildman–Crippen LogP) is 2.14. The molecule has 0 rings (SSSR count). The van der Waals surface area contributed by atoms with Gasteiger partial charge in [-0.1, -0.05) is 10.6 Å². The minimum atomic E-state index is -1.23. The van der Waals surface area contributed by atoms with E-state index in [1.54, 1.807) is 6.08 Å². The summed E-state index contributed by atoms with van der Waals surface area (Å²) in [6, 6.07) is 0. The lowest BCUT2D eigenvalue weighted by Gasteiger charge is -1.70. The number of isocyanates is 1. The van der Waals surface area contributed by atoms with Gasteiger partial charge in [0.2, 0.25) is 6.08 Å². The summed E-state index contributed by atoms with van der Waals surface area (Å²) in [5.74, 6) is 0. The molecule has 10 heavy (non-hydrogen) atoms. The van der Waals surface area contributed by atoms with Crippen LogP contribution in [0.25, 0.3) is 0 Å². The van der Waals surface area contributed by atoms with E-state index in [1.165, 1.54) is 0 Å². The summed E-state index contributed by atoms with van der Waals surface area (Å²) in [6.07, 6.45) is 3.95. The molecule has 3 nitrogen and oxygen atoms in total. The van der Waals surface area contributed by atoms with Crippen molar-refractivity contribution < 1.29 is 9.36 Å². The molecule has 0 radical (unpaired) electrons. The lowest BCUT2D eigenvalue weighted by atomic mass is 10.5. The van der Waals surface area contributed by atoms with Crippen LogP contribution >= 0.6 is 19.3 Å². The van der Waals surface area contributed by atoms with E-state index in [2.05, 4.69) is 18.8 Å². The quantitative estimate of drug-likeness (QED) is 0.229. The molecule has 56 valence electrons. The molecule has 0 fully saturated rings. The highest BCUT2D eigenvalue weighted by Crippen LogP contribution is 2.25. The summed E-state index contributed by atoms with van der Waals surface area (Å²) in [5.41, 5.74) is 0. The fraction of sp³-hybridized carbons (Fsp3) is 0.400. The highest BCUT2D eigenvalue weighted by molar-refractivity contribution is 8.40. The van der Waals surface area contributed by atoms with Crippen LogP contribution in [0.5, 0.6) is 0 Å². The first kappa shape index (κ1) is 12.3. The van der Waals surface area contributed by atoms with Crippen molar-refractivity contribution in [3.05, 3.63) is 12.7 Å². The van der Waals surface area contributed by atoms with Crippen molar-refractivity contribution in [3.8, 4) is 0 Å². The zero-order valence-corrected chi connectivity index (χ0v) is 7.20. The highest BCUT2D eigenvalue weighted by atomic mass is 32.7. The van der Waals surface area contributed by atoms with Gasteiger partial charge in [-0.15, -0.1) is 6.58 Å². The van der Waals surface area contributed by atoms with Crippen LogP contribution in [0.4, 0.5) is 0 Å². The van der Waals surface area contributed by atoms with Gasteiger partial charge in [-0.25, -0.2) is 10.2 Å². The lowest BCUT2D eigenvalue weighted by Crippen LogP contribution is -1.65. The van der Waals surface area contributed by atoms with Crippen LogP contribution < -0.4 is 0 Å². The second-order valence-electron chi connectivity index (χ2n) is 1.26. The second-order valence-corrected chi connectivity index (χ2v) is 3.75. The number of carbonyl (C=O) groups excluding carboxylic acids is 1. The fourth-order valence-corrected chi connectivity index (χ4v) is 0.952. The first-order valence-corrected chi connectivity index (χ1v) is 5.07. The van der Waals surface area contributed by atoms with Gasteiger partial charge >= 0.3 is 7.00 Å². The van der Waals surface area contributed by atoms with E-state index < -0.39 is 7.00 Å². The first-order valence-electron chi connectivity index (χ1n) is 2.47. The van der Waals surface area contributed by atoms with E-state index in [1.807, 2.05) is 0 Å². The maximum Gasteiger partial charge on any atom is 0.407 e. The first-order chi connectivity index (χ1) is 4.68. The summed E-state index contributed by atoms with van der Waals surface area (Å²) in [5, 5.41) is 5.40. The largest absolute Gasteiger partial charge is 0.407 e. The van der Waals surface area contributed by atoms with Crippen molar-refractivity contribution in [2.45, 2.75) is 6.42 Å². The Labute approximate surface area is 66.0 Å². The van der Waals surface area contributed by atoms with Gasteiger partial charge in [0.25, 0.3) is 0 Å². The molecule has 0 amide bonds. The molecule has 0 aromatic carbocycles. The van der Waals surface area contributed by atoms with E-state index in [0.717, 1.165) is 12.5 Å². The molecule has 1 atom stereocenters. The van der Waals surface area contributed by atoms with Crippen LogP contribution in [0.1, 0.15) is 6.42 Å². The molecule has 0 aliphatic rings. The van der Waals surface area contributed by atoms with Crippen LogP contribution in [0.2, 0.25) is 0 Å². The van der Waals surface area contributed by atoms with Crippen molar-refractivity contribution in [2.75, 3.05) is 6.16 Å². The van der Waals surface area contributed by atoms with Crippen LogP contribution in [0.3, 0.4) is 0 Å². The van der Waals surface area contributed by atoms with E-state index in [9.17, 15) is 4.57 Å². The van der Waals surface area contributed by atoms with Gasteiger partial charge in [-0.2, -0.15) is 0 Å². The molecule has 0 aromatic rings. The third kappa shape index (κ3) is 25.6. The summed E-state index contributed by atoms with van der Waals surface area (Å²) < 4.78 is 10.2. The molecule has 0 saturated carbocycles. The summed E-state index contributed by atoms with van der Waals surface area (Å²) in [6.45, 7) is 3.47. The van der Waals surface area contributed by atoms with Crippen molar-refractivity contribution in [3.63, 3.8) is 0 Å². The molecule has 0 spiro atoms. The van der Waals surface area contributed by atoms with E-state index in [0.29, 0.717) is 6.16 Å². The molecule has 0 bridgehead atoms. The molecule has 0 heterocycles. The van der Waals surface area contributed by atoms with Crippen molar-refractivity contribution >= 4 is 25.3 Å². The van der Waals surface area contributed by atoms with Gasteiger partial charge in [0, 0.05) is 6.42 Å². The van der Waals surface area contributed by atoms with Crippen LogP contribution in [0, 0.1) is 5.41 Å². The normalized spacial score (nSPS) is 8.30. The van der Waals surface area contributed by atoms with Crippen LogP contribution in [-0.4, -0.2) is 12.2 Å². The average Bonchev–Trinajstić information content (AvgIpc) is 1.85. The Balaban J connectivity index is 0. The van der Waals surface area contributed by atoms with Gasteiger partial charge in [0.1, 0.15) is 12.2 Å². The third-order valence-corrected chi connectivity index (χ3v) is 1.77. The van der Waals surface area contributed by atoms with E-state index in [4.69, 9.17) is 10.2 Å². The number of hydrogen-bond donors (Lipinski definition) is 2. The summed E-state index contributed by atoms with van der Waals surface area (Å²) in [7, 11) is -1.23. The Morgan fingerprint density at radius 1 is 1.80 bits per heavy atom. The molecule has 0 aromatic heterocycles. The number of hydrogen-bond acceptors (Lipinski definition) is 3. The molecule has 1 unspecified atom stereocenters. The Morgan fingerprint density at radius 2 is 2.20 bits per heavy atom. The molecule has 0 aliphatic heterocycles. The molecule has 5 heteroatoms. The Morgan fingerprint density at radius 3 is 2.30 bits per heavy atom. The number of rotatable bonds is 3. The molecule has 1 N–H and O–H groups in total. The summed E-state index contributed by atoms with van der Waals surface area (Å²) >= 11 is 3.69. The smallest absolute Gasteiger partial charge is 0.222 e. The predicted molar refractivity (Wildman–Crippen MR) is 44.7 cm³/mol. The highest BCUT2D eigenvalue weighted by Gasteiger charge is 2.02. The SMILES string of the molecule is C=CCC[P+](=O)S.N=C=O. The van der Waals surface area contributed by atoms with Gasteiger partial charge in [0.05, 0.1) is 0 Å². The zero-order valence-electron chi connectivity index (χ0n) is 5.41. The number of thiol groups is 1. The third-order valence-electron chi connectivity index (χ3n) is 0.525. The maximum atomic E-state index is 10.2. The van der Waals surface area contributed by atoms with E-state index in [-0.39, 0.29) is 0 Å². The Bertz CT molecular complexity index is 143. The van der Waals surface area contributed by atoms with Gasteiger partial charge < -0.3 is 0 Å². The summed E-state index contributed by atoms with van der Waals surface area (Å²) in [4.78, 5) is 8.35. The Hall–Kier alpha value is -0.430. The van der Waals surface area contributed by atoms with Crippen LogP contribution in [-0.2, 0) is 9.36 Å². The van der Waals surface area contributed by atoms with E-state index >= 15 is 0 Å². The molecule has 0 aliphatic carbocycles. The van der Waals surface area contributed by atoms with Gasteiger partial charge in [-0.05, 0) is 0 Å². The maximum absolute atomic E-state index is 10.2. The number of nitrogens with one attached hydrogen (secondary N) is 1. The van der Waals surface area contributed by atoms with Crippen molar-refractivity contribution in [1.82, 2.24) is 0 Å². The lowest BCUT2D eigenvalue weighted by molar-refractivity contribution is 0.562. The fourth-order valence-electron chi connectivity index (χ4n) is 0.202. The van der Waals surface area contributed by atoms with Gasteiger partial charge in [-0.3, -0.25) is 0 Å². The number of allylic oxidation sites excluding steroid dienone is 1. The monoisotopic (exact) mass is 178 g/mol. The second kappa shape index (κ2) is 11.4. The molecule has 0 saturated heterocycles. The molecular formula is C5H9NO2PS+. The zero-order chi connectivity index (χ0) is 8.41. The Kier molecular flexibility index (Phi) is 14.0. The topological polar surface area (TPSA) is 58.0 Å². The minimum Gasteiger partial charge on any atom is -0.222 e. The van der Waals surface area contributed by atoms with Crippen molar-refractivity contribution in [1.29, 1.82) is 5.41 Å². The van der Waals surface area contributed by atoms with Crippen LogP contribution in [0.15, 0.2) is 12.7 Å². The van der Waals surface area contributed by atoms with Gasteiger partial charge in [0.15, 0.2) is 6.16 Å².